The molecule has 0 aliphatic rings. The van der Waals surface area contributed by atoms with E-state index in [0.29, 0.717) is 17.5 Å². The first-order chi connectivity index (χ1) is 29.7. The molecule has 11 aromatic rings. The van der Waals surface area contributed by atoms with Crippen LogP contribution >= 0.6 is 0 Å². The van der Waals surface area contributed by atoms with Gasteiger partial charge < -0.3 is 0 Å². The largest absolute Gasteiger partial charge is 0.208 e. The molecule has 10 aromatic carbocycles. The van der Waals surface area contributed by atoms with E-state index in [1.54, 1.807) is 0 Å². The van der Waals surface area contributed by atoms with Gasteiger partial charge in [-0.15, -0.1) is 0 Å². The van der Waals surface area contributed by atoms with Crippen molar-refractivity contribution in [1.29, 1.82) is 0 Å². The van der Waals surface area contributed by atoms with E-state index in [1.807, 2.05) is 0 Å². The second-order valence-corrected chi connectivity index (χ2v) is 15.1. The molecule has 0 aliphatic carbocycles. The van der Waals surface area contributed by atoms with Gasteiger partial charge in [0.15, 0.2) is 17.5 Å². The molecule has 60 heavy (non-hydrogen) atoms. The van der Waals surface area contributed by atoms with Crippen LogP contribution in [0.5, 0.6) is 0 Å². The van der Waals surface area contributed by atoms with Gasteiger partial charge >= 0.3 is 0 Å². The van der Waals surface area contributed by atoms with Gasteiger partial charge in [0.1, 0.15) is 0 Å². The molecule has 280 valence electrons. The lowest BCUT2D eigenvalue weighted by molar-refractivity contribution is 1.07. The Morgan fingerprint density at radius 3 is 1.25 bits per heavy atom. The summed E-state index contributed by atoms with van der Waals surface area (Å²) in [7, 11) is 0. The molecule has 1 heterocycles. The van der Waals surface area contributed by atoms with Crippen LogP contribution in [0.1, 0.15) is 0 Å². The van der Waals surface area contributed by atoms with Gasteiger partial charge in [0, 0.05) is 22.3 Å². The number of benzene rings is 10. The minimum atomic E-state index is 0.616. The zero-order chi connectivity index (χ0) is 39.8. The van der Waals surface area contributed by atoms with Gasteiger partial charge in [-0.2, -0.15) is 0 Å². The maximum absolute atomic E-state index is 5.34. The Morgan fingerprint density at radius 2 is 0.617 bits per heavy atom. The standard InChI is InChI=1S/C57H37N3/c1-3-16-38(17-4-1)48-34-35-49(52-30-12-11-29-51(48)52)43-24-14-26-45(37-43)56-58-55(44-25-13-23-42(36-44)47-31-15-22-39-18-7-9-27-46(39)47)59-57(60-56)53-33-32-40-19-8-10-28-50(40)54(53)41-20-5-2-6-21-41/h1-37H. The molecular formula is C57H37N3. The topological polar surface area (TPSA) is 38.7 Å². The molecule has 3 nitrogen and oxygen atoms in total. The molecule has 0 bridgehead atoms. The van der Waals surface area contributed by atoms with Crippen molar-refractivity contribution < 1.29 is 0 Å². The summed E-state index contributed by atoms with van der Waals surface area (Å²) in [5.41, 5.74) is 11.9. The Bertz CT molecular complexity index is 3370. The van der Waals surface area contributed by atoms with E-state index >= 15 is 0 Å². The molecule has 0 unspecified atom stereocenters. The molecule has 3 heteroatoms. The SMILES string of the molecule is c1ccc(-c2c(-c3nc(-c4cccc(-c5cccc6ccccc56)c4)nc(-c4cccc(-c5ccc(-c6ccccc6)c6ccccc56)c4)n3)ccc3ccccc23)cc1. The number of nitrogens with zero attached hydrogens (tertiary/aromatic N) is 3. The lowest BCUT2D eigenvalue weighted by Crippen LogP contribution is -2.02. The van der Waals surface area contributed by atoms with Crippen LogP contribution in [0.2, 0.25) is 0 Å². The summed E-state index contributed by atoms with van der Waals surface area (Å²) in [4.78, 5) is 16.0. The van der Waals surface area contributed by atoms with Crippen LogP contribution in [0.3, 0.4) is 0 Å². The molecule has 0 spiro atoms. The van der Waals surface area contributed by atoms with Crippen molar-refractivity contribution in [3.63, 3.8) is 0 Å². The van der Waals surface area contributed by atoms with Crippen LogP contribution in [0.25, 0.3) is 111 Å². The highest BCUT2D eigenvalue weighted by molar-refractivity contribution is 6.06. The molecule has 11 rings (SSSR count). The van der Waals surface area contributed by atoms with E-state index in [4.69, 9.17) is 15.0 Å². The highest BCUT2D eigenvalue weighted by Gasteiger charge is 2.19. The fourth-order valence-electron chi connectivity index (χ4n) is 8.68. The molecular weight excluding hydrogens is 727 g/mol. The Labute approximate surface area is 349 Å². The first-order valence-electron chi connectivity index (χ1n) is 20.4. The van der Waals surface area contributed by atoms with Crippen molar-refractivity contribution in [1.82, 2.24) is 15.0 Å². The van der Waals surface area contributed by atoms with Crippen molar-refractivity contribution in [2.24, 2.45) is 0 Å². The van der Waals surface area contributed by atoms with Gasteiger partial charge in [-0.3, -0.25) is 0 Å². The summed E-state index contributed by atoms with van der Waals surface area (Å²) in [5.74, 6) is 1.86. The number of fused-ring (bicyclic) bond motifs is 3. The molecule has 0 saturated heterocycles. The van der Waals surface area contributed by atoms with Crippen LogP contribution in [0.15, 0.2) is 224 Å². The lowest BCUT2D eigenvalue weighted by Gasteiger charge is -2.15. The zero-order valence-electron chi connectivity index (χ0n) is 32.7. The predicted molar refractivity (Wildman–Crippen MR) is 250 cm³/mol. The Balaban J connectivity index is 1.11. The normalized spacial score (nSPS) is 11.3. The third kappa shape index (κ3) is 6.39. The molecule has 0 saturated carbocycles. The number of aromatic nitrogens is 3. The minimum Gasteiger partial charge on any atom is -0.208 e. The molecule has 0 fully saturated rings. The van der Waals surface area contributed by atoms with Crippen molar-refractivity contribution >= 4 is 32.3 Å². The van der Waals surface area contributed by atoms with Crippen molar-refractivity contribution in [2.45, 2.75) is 0 Å². The average molecular weight is 764 g/mol. The van der Waals surface area contributed by atoms with Gasteiger partial charge in [-0.25, -0.2) is 15.0 Å². The molecule has 0 amide bonds. The van der Waals surface area contributed by atoms with Crippen LogP contribution in [-0.2, 0) is 0 Å². The second kappa shape index (κ2) is 15.1. The van der Waals surface area contributed by atoms with E-state index in [9.17, 15) is 0 Å². The minimum absolute atomic E-state index is 0.616. The summed E-state index contributed by atoms with van der Waals surface area (Å²) >= 11 is 0. The van der Waals surface area contributed by atoms with E-state index in [0.717, 1.165) is 55.3 Å². The average Bonchev–Trinajstić information content (AvgIpc) is 3.33. The summed E-state index contributed by atoms with van der Waals surface area (Å²) in [6.07, 6.45) is 0. The summed E-state index contributed by atoms with van der Waals surface area (Å²) in [5, 5.41) is 7.14. The molecule has 0 radical (unpaired) electrons. The van der Waals surface area contributed by atoms with E-state index in [1.165, 1.54) is 38.2 Å². The lowest BCUT2D eigenvalue weighted by atomic mass is 9.91. The maximum atomic E-state index is 5.34. The first-order valence-corrected chi connectivity index (χ1v) is 20.4. The van der Waals surface area contributed by atoms with Gasteiger partial charge in [0.2, 0.25) is 0 Å². The fraction of sp³-hybridized carbons (Fsp3) is 0. The van der Waals surface area contributed by atoms with Crippen molar-refractivity contribution in [3.8, 4) is 78.7 Å². The Morgan fingerprint density at radius 1 is 0.217 bits per heavy atom. The Kier molecular flexibility index (Phi) is 8.83. The van der Waals surface area contributed by atoms with E-state index < -0.39 is 0 Å². The van der Waals surface area contributed by atoms with Gasteiger partial charge in [0.05, 0.1) is 0 Å². The molecule has 0 aliphatic heterocycles. The van der Waals surface area contributed by atoms with Crippen molar-refractivity contribution in [3.05, 3.63) is 224 Å². The van der Waals surface area contributed by atoms with Gasteiger partial charge in [-0.05, 0) is 89.5 Å². The Hall–Kier alpha value is -8.01. The third-order valence-electron chi connectivity index (χ3n) is 11.5. The van der Waals surface area contributed by atoms with Gasteiger partial charge in [-0.1, -0.05) is 206 Å². The predicted octanol–water partition coefficient (Wildman–Crippen LogP) is 15.0. The fourth-order valence-corrected chi connectivity index (χ4v) is 8.68. The summed E-state index contributed by atoms with van der Waals surface area (Å²) in [6, 6.07) is 79.4. The van der Waals surface area contributed by atoms with Gasteiger partial charge in [0.25, 0.3) is 0 Å². The van der Waals surface area contributed by atoms with E-state index in [2.05, 4.69) is 224 Å². The number of rotatable bonds is 7. The van der Waals surface area contributed by atoms with Crippen LogP contribution in [0, 0.1) is 0 Å². The van der Waals surface area contributed by atoms with Crippen molar-refractivity contribution in [2.75, 3.05) is 0 Å². The van der Waals surface area contributed by atoms with Crippen LogP contribution in [-0.4, -0.2) is 15.0 Å². The third-order valence-corrected chi connectivity index (χ3v) is 11.5. The number of hydrogen-bond donors (Lipinski definition) is 0. The zero-order valence-corrected chi connectivity index (χ0v) is 32.7. The summed E-state index contributed by atoms with van der Waals surface area (Å²) < 4.78 is 0. The quantitative estimate of drug-likeness (QED) is 0.162. The number of hydrogen-bond acceptors (Lipinski definition) is 3. The first kappa shape index (κ1) is 35.2. The second-order valence-electron chi connectivity index (χ2n) is 15.1. The summed E-state index contributed by atoms with van der Waals surface area (Å²) in [6.45, 7) is 0. The van der Waals surface area contributed by atoms with Crippen LogP contribution in [0.4, 0.5) is 0 Å². The van der Waals surface area contributed by atoms with E-state index in [-0.39, 0.29) is 0 Å². The smallest absolute Gasteiger partial charge is 0.164 e. The molecule has 0 N–H and O–H groups in total. The highest BCUT2D eigenvalue weighted by atomic mass is 15.0. The molecule has 0 atom stereocenters. The monoisotopic (exact) mass is 763 g/mol. The highest BCUT2D eigenvalue weighted by Crippen LogP contribution is 2.40. The molecule has 1 aromatic heterocycles. The maximum Gasteiger partial charge on any atom is 0.164 e. The van der Waals surface area contributed by atoms with Crippen LogP contribution < -0.4 is 0 Å².